The number of carbonyl (C=O) groups is 1. The van der Waals surface area contributed by atoms with Crippen molar-refractivity contribution in [3.8, 4) is 0 Å². The van der Waals surface area contributed by atoms with E-state index >= 15 is 0 Å². The van der Waals surface area contributed by atoms with E-state index in [0.29, 0.717) is 4.48 Å². The quantitative estimate of drug-likeness (QED) is 0.0389. The van der Waals surface area contributed by atoms with Gasteiger partial charge in [0.1, 0.15) is 6.29 Å². The van der Waals surface area contributed by atoms with Crippen molar-refractivity contribution in [1.29, 1.82) is 0 Å². The summed E-state index contributed by atoms with van der Waals surface area (Å²) in [6, 6.07) is 0. The maximum atomic E-state index is 10.8. The Morgan fingerprint density at radius 3 is 1.19 bits per heavy atom. The van der Waals surface area contributed by atoms with Crippen LogP contribution in [0.25, 0.3) is 0 Å². The molecule has 0 aromatic heterocycles. The Balaban J connectivity index is 0. The molecule has 1 atom stereocenters. The van der Waals surface area contributed by atoms with Crippen LogP contribution in [0.1, 0.15) is 155 Å². The fraction of sp³-hybridized carbons (Fsp3) is 0.903. The number of aldehydes is 1. The molecule has 0 amide bonds. The molecule has 0 aromatic rings. The van der Waals surface area contributed by atoms with Gasteiger partial charge < -0.3 is 9.28 Å². The summed E-state index contributed by atoms with van der Waals surface area (Å²) in [5.74, 6) is -0.227. The number of quaternary nitrogens is 1. The van der Waals surface area contributed by atoms with Crippen molar-refractivity contribution in [3.63, 3.8) is 0 Å². The average Bonchev–Trinajstić information content (AvgIpc) is 2.83. The first-order valence-electron chi connectivity index (χ1n) is 15.3. The first-order valence-corrected chi connectivity index (χ1v) is 16.6. The summed E-state index contributed by atoms with van der Waals surface area (Å²) in [4.78, 5) is 10.2. The summed E-state index contributed by atoms with van der Waals surface area (Å²) in [6.07, 6.45) is 34.2. The van der Waals surface area contributed by atoms with Crippen molar-refractivity contribution in [2.45, 2.75) is 161 Å². The fourth-order valence-corrected chi connectivity index (χ4v) is 5.43. The molecule has 1 unspecified atom stereocenters. The van der Waals surface area contributed by atoms with Crippen LogP contribution in [0.3, 0.4) is 0 Å². The number of allylic oxidation sites excluding steroid dienone is 2. The molecule has 0 aliphatic carbocycles. The van der Waals surface area contributed by atoms with Crippen LogP contribution in [0.2, 0.25) is 0 Å². The predicted molar refractivity (Wildman–Crippen MR) is 158 cm³/mol. The molecule has 4 nitrogen and oxygen atoms in total. The first-order chi connectivity index (χ1) is 17.3. The van der Waals surface area contributed by atoms with Gasteiger partial charge in [-0.25, -0.2) is 9.13 Å². The van der Waals surface area contributed by atoms with Crippen LogP contribution >= 0.6 is 7.68 Å². The Morgan fingerprint density at radius 1 is 0.556 bits per heavy atom. The molecule has 0 spiro atoms. The summed E-state index contributed by atoms with van der Waals surface area (Å²) < 4.78 is 22.0. The number of hydrogen-bond donors (Lipinski definition) is 0. The Hall–Kier alpha value is -0.730. The van der Waals surface area contributed by atoms with Crippen molar-refractivity contribution in [2.24, 2.45) is 0 Å². The Bertz CT molecular complexity index is 545. The highest BCUT2D eigenvalue weighted by Gasteiger charge is 2.27. The Labute approximate surface area is 226 Å². The summed E-state index contributed by atoms with van der Waals surface area (Å²) >= 11 is 0. The van der Waals surface area contributed by atoms with Gasteiger partial charge in [-0.2, -0.15) is 0 Å². The molecular weight excluding hydrogens is 465 g/mol. The maximum absolute atomic E-state index is 10.8. The predicted octanol–water partition coefficient (Wildman–Crippen LogP) is 10.6. The van der Waals surface area contributed by atoms with Crippen molar-refractivity contribution >= 4 is 14.0 Å². The van der Waals surface area contributed by atoms with Gasteiger partial charge >= 0.3 is 7.68 Å². The van der Waals surface area contributed by atoms with Gasteiger partial charge in [0.05, 0.1) is 21.1 Å². The molecule has 5 heteroatoms. The molecule has 0 aromatic carbocycles. The third-order valence-corrected chi connectivity index (χ3v) is 8.21. The van der Waals surface area contributed by atoms with E-state index < -0.39 is 7.68 Å². The van der Waals surface area contributed by atoms with Gasteiger partial charge in [-0.1, -0.05) is 116 Å². The molecule has 0 saturated carbocycles. The van der Waals surface area contributed by atoms with Crippen LogP contribution < -0.4 is 0 Å². The number of nitrogens with zero attached hydrogens (tertiary/aromatic N) is 1. The van der Waals surface area contributed by atoms with Gasteiger partial charge in [-0.3, -0.25) is 0 Å². The molecule has 0 aliphatic rings. The zero-order valence-electron chi connectivity index (χ0n) is 25.0. The molecule has 0 fully saturated rings. The van der Waals surface area contributed by atoms with Crippen molar-refractivity contribution in [3.05, 3.63) is 12.2 Å². The second kappa shape index (κ2) is 28.8. The lowest BCUT2D eigenvalue weighted by atomic mass is 10.1. The maximum Gasteiger partial charge on any atom is 0.375 e. The molecule has 0 heterocycles. The van der Waals surface area contributed by atoms with Crippen LogP contribution in [-0.4, -0.2) is 37.7 Å². The van der Waals surface area contributed by atoms with E-state index in [1.165, 1.54) is 116 Å². The number of unbranched alkanes of at least 4 members (excludes halogenated alkanes) is 18. The second-order valence-electron chi connectivity index (χ2n) is 11.3. The molecular formula is C31H63NO3P+. The minimum atomic E-state index is -2.29. The van der Waals surface area contributed by atoms with E-state index in [1.54, 1.807) is 0 Å². The van der Waals surface area contributed by atoms with Crippen LogP contribution in [0.5, 0.6) is 0 Å². The van der Waals surface area contributed by atoms with E-state index in [0.717, 1.165) is 32.0 Å². The third-order valence-electron chi connectivity index (χ3n) is 6.77. The van der Waals surface area contributed by atoms with E-state index in [9.17, 15) is 13.9 Å². The van der Waals surface area contributed by atoms with Crippen molar-refractivity contribution < 1.29 is 18.4 Å². The molecule has 0 aliphatic heterocycles. The average molecular weight is 529 g/mol. The zero-order valence-corrected chi connectivity index (χ0v) is 25.9. The highest BCUT2D eigenvalue weighted by Crippen LogP contribution is 2.25. The van der Waals surface area contributed by atoms with E-state index in [4.69, 9.17) is 0 Å². The largest absolute Gasteiger partial charge is 0.375 e. The van der Waals surface area contributed by atoms with Crippen LogP contribution in [0, 0.1) is 0 Å². The number of rotatable bonds is 25. The molecule has 0 radical (unpaired) electrons. The van der Waals surface area contributed by atoms with E-state index in [2.05, 4.69) is 19.1 Å². The van der Waals surface area contributed by atoms with Crippen molar-refractivity contribution in [2.75, 3.05) is 21.1 Å². The van der Waals surface area contributed by atoms with Crippen LogP contribution in [0.15, 0.2) is 12.2 Å². The third kappa shape index (κ3) is 29.5. The number of carbonyl (C=O) groups excluding carboxylic acids is 1. The van der Waals surface area contributed by atoms with Gasteiger partial charge in [-0.15, -0.1) is 0 Å². The van der Waals surface area contributed by atoms with Gasteiger partial charge in [0.15, 0.2) is 5.78 Å². The van der Waals surface area contributed by atoms with Crippen LogP contribution in [-0.2, 0) is 13.9 Å². The minimum absolute atomic E-state index is 0.227. The highest BCUT2D eigenvalue weighted by molar-refractivity contribution is 7.31. The minimum Gasteiger partial charge on any atom is -0.317 e. The summed E-state index contributed by atoms with van der Waals surface area (Å²) in [7, 11) is 3.44. The zero-order chi connectivity index (χ0) is 27.3. The molecule has 214 valence electrons. The highest BCUT2D eigenvalue weighted by atomic mass is 31.1. The first kappa shape index (κ1) is 37.4. The van der Waals surface area contributed by atoms with Crippen molar-refractivity contribution in [1.82, 2.24) is 0 Å². The summed E-state index contributed by atoms with van der Waals surface area (Å²) in [5.41, 5.74) is 0. The SMILES string of the molecule is CCCC(P(=O)=O)[N+](C)(C)C.CCCCCCCCCCCCC=CCCCCCCCCCC=O. The lowest BCUT2D eigenvalue weighted by molar-refractivity contribution is -0.882. The molecule has 0 bridgehead atoms. The molecule has 0 rings (SSSR count). The summed E-state index contributed by atoms with van der Waals surface area (Å²) in [6.45, 7) is 4.29. The molecule has 0 N–H and O–H groups in total. The monoisotopic (exact) mass is 528 g/mol. The normalized spacial score (nSPS) is 12.4. The van der Waals surface area contributed by atoms with Gasteiger partial charge in [0.2, 0.25) is 0 Å². The van der Waals surface area contributed by atoms with Gasteiger partial charge in [0, 0.05) is 12.8 Å². The van der Waals surface area contributed by atoms with Gasteiger partial charge in [0.25, 0.3) is 0 Å². The number of hydrogen-bond acceptors (Lipinski definition) is 3. The Morgan fingerprint density at radius 2 is 0.917 bits per heavy atom. The van der Waals surface area contributed by atoms with Crippen LogP contribution in [0.4, 0.5) is 0 Å². The smallest absolute Gasteiger partial charge is 0.317 e. The van der Waals surface area contributed by atoms with Gasteiger partial charge in [-0.05, 0) is 38.5 Å². The van der Waals surface area contributed by atoms with E-state index in [1.807, 2.05) is 28.1 Å². The standard InChI is InChI=1S/C24H46O.C7H17NO2P/c1-2-3-4-5-6-7-8-9-10-11-12-13-14-15-16-17-18-19-20-21-22-23-24-25;1-5-6-7(11(9)10)8(2,3)4/h13-14,24H,2-12,15-23H2,1H3;7H,5-6H2,1-4H3/q;+1. The second-order valence-corrected chi connectivity index (χ2v) is 12.5. The fourth-order valence-electron chi connectivity index (χ4n) is 4.39. The lowest BCUT2D eigenvalue weighted by Gasteiger charge is -2.28. The lowest BCUT2D eigenvalue weighted by Crippen LogP contribution is -2.42. The van der Waals surface area contributed by atoms with E-state index in [-0.39, 0.29) is 5.78 Å². The molecule has 0 saturated heterocycles. The Kier molecular flexibility index (Phi) is 30.0. The molecule has 36 heavy (non-hydrogen) atoms. The topological polar surface area (TPSA) is 51.2 Å². The summed E-state index contributed by atoms with van der Waals surface area (Å²) in [5, 5.41) is 0.